The summed E-state index contributed by atoms with van der Waals surface area (Å²) in [7, 11) is 0. The van der Waals surface area contributed by atoms with Gasteiger partial charge in [-0.15, -0.1) is 0 Å². The number of nitrogens with one attached hydrogen (secondary N) is 2. The molecule has 0 aromatic heterocycles. The zero-order chi connectivity index (χ0) is 20.5. The number of hydrogen-bond donors (Lipinski definition) is 4. The van der Waals surface area contributed by atoms with Crippen molar-refractivity contribution < 1.29 is 29.4 Å². The van der Waals surface area contributed by atoms with Gasteiger partial charge in [0.05, 0.1) is 0 Å². The molecule has 0 aliphatic rings. The molecule has 0 aromatic rings. The molecule has 0 fully saturated rings. The van der Waals surface area contributed by atoms with Gasteiger partial charge in [0.2, 0.25) is 11.8 Å². The molecule has 0 aromatic carbocycles. The predicted octanol–water partition coefficient (Wildman–Crippen LogP) is 1.34. The smallest absolute Gasteiger partial charge is 0.327 e. The van der Waals surface area contributed by atoms with E-state index in [1.807, 2.05) is 20.8 Å². The van der Waals surface area contributed by atoms with Crippen LogP contribution < -0.4 is 10.6 Å². The van der Waals surface area contributed by atoms with Crippen LogP contribution in [-0.2, 0) is 19.2 Å². The van der Waals surface area contributed by atoms with Gasteiger partial charge >= 0.3 is 11.9 Å². The van der Waals surface area contributed by atoms with Crippen molar-refractivity contribution in [2.75, 3.05) is 11.5 Å². The molecule has 2 atom stereocenters. The van der Waals surface area contributed by atoms with E-state index in [-0.39, 0.29) is 29.9 Å². The molecule has 0 rings (SSSR count). The quantitative estimate of drug-likeness (QED) is 0.418. The van der Waals surface area contributed by atoms with Crippen LogP contribution in [0.25, 0.3) is 0 Å². The van der Waals surface area contributed by atoms with Crippen LogP contribution in [0.15, 0.2) is 0 Å². The molecule has 0 saturated carbocycles. The standard InChI is InChI=1S/C17H30N2O6S/c1-10(2)14(22)18-11(6-7-13(20)21)15(23)19-12(16(24)25)8-26-9-17(3,4)5/h10-12H,6-9H2,1-5H3,(H,18,22)(H,19,23)(H,20,21)(H,24,25)/t11-,12-/m0/s1. The van der Waals surface area contributed by atoms with Crippen molar-refractivity contribution in [2.24, 2.45) is 11.3 Å². The maximum Gasteiger partial charge on any atom is 0.327 e. The van der Waals surface area contributed by atoms with E-state index in [1.165, 1.54) is 11.8 Å². The Bertz CT molecular complexity index is 516. The first-order chi connectivity index (χ1) is 11.8. The van der Waals surface area contributed by atoms with Gasteiger partial charge < -0.3 is 20.8 Å². The first-order valence-corrected chi connectivity index (χ1v) is 9.62. The number of carboxylic acid groups (broad SMARTS) is 2. The monoisotopic (exact) mass is 390 g/mol. The summed E-state index contributed by atoms with van der Waals surface area (Å²) in [4.78, 5) is 46.4. The topological polar surface area (TPSA) is 133 Å². The highest BCUT2D eigenvalue weighted by Crippen LogP contribution is 2.20. The van der Waals surface area contributed by atoms with Gasteiger partial charge in [0.1, 0.15) is 12.1 Å². The van der Waals surface area contributed by atoms with Crippen molar-refractivity contribution in [3.63, 3.8) is 0 Å². The molecule has 9 heteroatoms. The van der Waals surface area contributed by atoms with E-state index in [1.54, 1.807) is 13.8 Å². The average Bonchev–Trinajstić information content (AvgIpc) is 2.48. The molecular formula is C17H30N2O6S. The zero-order valence-electron chi connectivity index (χ0n) is 16.0. The maximum atomic E-state index is 12.4. The highest BCUT2D eigenvalue weighted by Gasteiger charge is 2.28. The highest BCUT2D eigenvalue weighted by atomic mass is 32.2. The van der Waals surface area contributed by atoms with Gasteiger partial charge in [0.15, 0.2) is 0 Å². The molecule has 0 bridgehead atoms. The molecule has 2 amide bonds. The lowest BCUT2D eigenvalue weighted by atomic mass is 10.0. The summed E-state index contributed by atoms with van der Waals surface area (Å²) in [6.07, 6.45) is -0.423. The number of rotatable bonds is 11. The van der Waals surface area contributed by atoms with Gasteiger partial charge in [-0.1, -0.05) is 34.6 Å². The van der Waals surface area contributed by atoms with Gasteiger partial charge in [-0.05, 0) is 17.6 Å². The van der Waals surface area contributed by atoms with E-state index in [2.05, 4.69) is 10.6 Å². The first-order valence-electron chi connectivity index (χ1n) is 8.46. The fourth-order valence-corrected chi connectivity index (χ4v) is 3.00. The number of thioether (sulfide) groups is 1. The van der Waals surface area contributed by atoms with Crippen LogP contribution in [0.1, 0.15) is 47.5 Å². The summed E-state index contributed by atoms with van der Waals surface area (Å²) >= 11 is 1.41. The maximum absolute atomic E-state index is 12.4. The number of amides is 2. The van der Waals surface area contributed by atoms with Crippen LogP contribution in [-0.4, -0.2) is 57.6 Å². The van der Waals surface area contributed by atoms with Crippen molar-refractivity contribution in [3.8, 4) is 0 Å². The van der Waals surface area contributed by atoms with Crippen LogP contribution in [0, 0.1) is 11.3 Å². The molecule has 0 radical (unpaired) electrons. The Hall–Kier alpha value is -1.77. The fraction of sp³-hybridized carbons (Fsp3) is 0.765. The van der Waals surface area contributed by atoms with Crippen LogP contribution in [0.5, 0.6) is 0 Å². The number of aliphatic carboxylic acids is 2. The molecule has 0 saturated heterocycles. The minimum absolute atomic E-state index is 0.0208. The SMILES string of the molecule is CC(C)C(=O)N[C@@H](CCC(=O)O)C(=O)N[C@@H](CSCC(C)(C)C)C(=O)O. The molecule has 0 aliphatic carbocycles. The third-order valence-electron chi connectivity index (χ3n) is 3.24. The fourth-order valence-electron chi connectivity index (χ4n) is 1.80. The van der Waals surface area contributed by atoms with E-state index >= 15 is 0 Å². The average molecular weight is 391 g/mol. The lowest BCUT2D eigenvalue weighted by Crippen LogP contribution is -2.53. The summed E-state index contributed by atoms with van der Waals surface area (Å²) in [6, 6.07) is -2.20. The Balaban J connectivity index is 4.93. The van der Waals surface area contributed by atoms with Crippen molar-refractivity contribution in [2.45, 2.75) is 59.5 Å². The molecular weight excluding hydrogens is 360 g/mol. The summed E-state index contributed by atoms with van der Waals surface area (Å²) < 4.78 is 0. The van der Waals surface area contributed by atoms with Crippen LogP contribution >= 0.6 is 11.8 Å². The molecule has 0 heterocycles. The third-order valence-corrected chi connectivity index (χ3v) is 4.88. The Morgan fingerprint density at radius 1 is 0.962 bits per heavy atom. The lowest BCUT2D eigenvalue weighted by Gasteiger charge is -2.23. The normalized spacial score (nSPS) is 13.8. The van der Waals surface area contributed by atoms with Gasteiger partial charge in [-0.2, -0.15) is 11.8 Å². The minimum Gasteiger partial charge on any atom is -0.481 e. The molecule has 0 unspecified atom stereocenters. The second kappa shape index (κ2) is 11.1. The third kappa shape index (κ3) is 11.0. The number of carboxylic acids is 2. The Labute approximate surface area is 158 Å². The summed E-state index contributed by atoms with van der Waals surface area (Å²) in [5.74, 6) is -2.84. The Morgan fingerprint density at radius 3 is 1.92 bits per heavy atom. The lowest BCUT2D eigenvalue weighted by molar-refractivity contribution is -0.142. The van der Waals surface area contributed by atoms with Crippen LogP contribution in [0.4, 0.5) is 0 Å². The number of hydrogen-bond acceptors (Lipinski definition) is 5. The zero-order valence-corrected chi connectivity index (χ0v) is 16.8. The van der Waals surface area contributed by atoms with Crippen molar-refractivity contribution >= 4 is 35.5 Å². The second-order valence-corrected chi connectivity index (χ2v) is 8.65. The molecule has 150 valence electrons. The highest BCUT2D eigenvalue weighted by molar-refractivity contribution is 7.99. The largest absolute Gasteiger partial charge is 0.481 e. The molecule has 4 N–H and O–H groups in total. The summed E-state index contributed by atoms with van der Waals surface area (Å²) in [6.45, 7) is 9.36. The molecule has 26 heavy (non-hydrogen) atoms. The van der Waals surface area contributed by atoms with E-state index < -0.39 is 35.8 Å². The minimum atomic E-state index is -1.17. The summed E-state index contributed by atoms with van der Waals surface area (Å²) in [5.41, 5.74) is 0.0208. The number of carbonyl (C=O) groups is 4. The van der Waals surface area contributed by atoms with Gasteiger partial charge in [0.25, 0.3) is 0 Å². The van der Waals surface area contributed by atoms with Gasteiger partial charge in [-0.25, -0.2) is 4.79 Å². The van der Waals surface area contributed by atoms with Crippen LogP contribution in [0.2, 0.25) is 0 Å². The molecule has 0 spiro atoms. The van der Waals surface area contributed by atoms with E-state index in [0.29, 0.717) is 0 Å². The predicted molar refractivity (Wildman–Crippen MR) is 100.0 cm³/mol. The van der Waals surface area contributed by atoms with Crippen molar-refractivity contribution in [3.05, 3.63) is 0 Å². The molecule has 0 aliphatic heterocycles. The van der Waals surface area contributed by atoms with Gasteiger partial charge in [-0.3, -0.25) is 14.4 Å². The Kier molecular flexibility index (Phi) is 10.3. The van der Waals surface area contributed by atoms with Crippen molar-refractivity contribution in [1.29, 1.82) is 0 Å². The number of carbonyl (C=O) groups excluding carboxylic acids is 2. The first kappa shape index (κ1) is 24.2. The van der Waals surface area contributed by atoms with E-state index in [4.69, 9.17) is 5.11 Å². The summed E-state index contributed by atoms with van der Waals surface area (Å²) in [5, 5.41) is 23.0. The van der Waals surface area contributed by atoms with Crippen molar-refractivity contribution in [1.82, 2.24) is 10.6 Å². The second-order valence-electron chi connectivity index (χ2n) is 7.62. The van der Waals surface area contributed by atoms with E-state index in [9.17, 15) is 24.3 Å². The van der Waals surface area contributed by atoms with Crippen LogP contribution in [0.3, 0.4) is 0 Å². The van der Waals surface area contributed by atoms with Gasteiger partial charge in [0, 0.05) is 18.1 Å². The van der Waals surface area contributed by atoms with E-state index in [0.717, 1.165) is 5.75 Å². The molecule has 8 nitrogen and oxygen atoms in total. The Morgan fingerprint density at radius 2 is 1.50 bits per heavy atom.